The number of aryl methyl sites for hydroxylation is 2. The smallest absolute Gasteiger partial charge is 0.337 e. The van der Waals surface area contributed by atoms with Crippen LogP contribution in [0.5, 0.6) is 0 Å². The summed E-state index contributed by atoms with van der Waals surface area (Å²) in [6.45, 7) is 3.88. The number of hydrogen-bond acceptors (Lipinski definition) is 2. The number of carboxylic acids is 1. The van der Waals surface area contributed by atoms with Crippen molar-refractivity contribution in [3.8, 4) is 6.07 Å². The molecule has 1 N–H and O–H groups in total. The third-order valence-corrected chi connectivity index (χ3v) is 2.41. The first-order valence-corrected chi connectivity index (χ1v) is 4.93. The number of carbonyl (C=O) groups is 1. The molecule has 3 heteroatoms. The van der Waals surface area contributed by atoms with Crippen molar-refractivity contribution in [3.63, 3.8) is 0 Å². The molecular weight excluding hydrogens is 190 g/mol. The Labute approximate surface area is 89.0 Å². The van der Waals surface area contributed by atoms with Gasteiger partial charge in [-0.2, -0.15) is 5.26 Å². The maximum atomic E-state index is 11.0. The van der Waals surface area contributed by atoms with Crippen molar-refractivity contribution in [2.75, 3.05) is 0 Å². The number of aromatic carboxylic acids is 1. The Bertz CT molecular complexity index is 430. The third kappa shape index (κ3) is 2.16. The van der Waals surface area contributed by atoms with E-state index in [1.54, 1.807) is 6.07 Å². The van der Waals surface area contributed by atoms with Gasteiger partial charge in [0.05, 0.1) is 11.1 Å². The van der Waals surface area contributed by atoms with Crippen molar-refractivity contribution >= 4 is 5.97 Å². The summed E-state index contributed by atoms with van der Waals surface area (Å²) in [5.74, 6) is -1.03. The number of hydrogen-bond donors (Lipinski definition) is 1. The number of nitriles is 1. The van der Waals surface area contributed by atoms with Crippen molar-refractivity contribution in [1.82, 2.24) is 0 Å². The molecule has 0 heterocycles. The average Bonchev–Trinajstić information content (AvgIpc) is 2.26. The molecule has 3 nitrogen and oxygen atoms in total. The third-order valence-electron chi connectivity index (χ3n) is 2.41. The van der Waals surface area contributed by atoms with Gasteiger partial charge in [-0.3, -0.25) is 0 Å². The highest BCUT2D eigenvalue weighted by Gasteiger charge is 2.14. The van der Waals surface area contributed by atoms with Gasteiger partial charge in [-0.15, -0.1) is 0 Å². The average molecular weight is 203 g/mol. The van der Waals surface area contributed by atoms with Crippen LogP contribution in [-0.4, -0.2) is 11.1 Å². The lowest BCUT2D eigenvalue weighted by molar-refractivity contribution is 0.0696. The van der Waals surface area contributed by atoms with Crippen LogP contribution in [0.1, 0.15) is 40.9 Å². The van der Waals surface area contributed by atoms with E-state index in [4.69, 9.17) is 10.4 Å². The molecule has 0 aliphatic carbocycles. The summed E-state index contributed by atoms with van der Waals surface area (Å²) in [7, 11) is 0. The summed E-state index contributed by atoms with van der Waals surface area (Å²) in [5, 5.41) is 17.9. The minimum absolute atomic E-state index is 0.119. The van der Waals surface area contributed by atoms with E-state index in [9.17, 15) is 4.79 Å². The van der Waals surface area contributed by atoms with Crippen LogP contribution >= 0.6 is 0 Å². The molecule has 0 spiro atoms. The molecule has 0 atom stereocenters. The lowest BCUT2D eigenvalue weighted by atomic mass is 9.96. The Kier molecular flexibility index (Phi) is 3.46. The zero-order valence-corrected chi connectivity index (χ0v) is 8.87. The van der Waals surface area contributed by atoms with Crippen molar-refractivity contribution in [2.45, 2.75) is 26.7 Å². The fourth-order valence-electron chi connectivity index (χ4n) is 1.55. The summed E-state index contributed by atoms with van der Waals surface area (Å²) in [5.41, 5.74) is 2.19. The van der Waals surface area contributed by atoms with Gasteiger partial charge in [0.2, 0.25) is 0 Å². The van der Waals surface area contributed by atoms with E-state index in [1.807, 2.05) is 26.0 Å². The van der Waals surface area contributed by atoms with E-state index in [-0.39, 0.29) is 5.56 Å². The Morgan fingerprint density at radius 2 is 2.07 bits per heavy atom. The quantitative estimate of drug-likeness (QED) is 0.820. The Morgan fingerprint density at radius 1 is 1.40 bits per heavy atom. The fraction of sp³-hybridized carbons (Fsp3) is 0.333. The topological polar surface area (TPSA) is 61.1 Å². The maximum Gasteiger partial charge on any atom is 0.337 e. The van der Waals surface area contributed by atoms with Crippen LogP contribution in [0.3, 0.4) is 0 Å². The molecule has 0 aliphatic heterocycles. The molecule has 0 bridgehead atoms. The van der Waals surface area contributed by atoms with E-state index < -0.39 is 5.97 Å². The first kappa shape index (κ1) is 11.3. The molecule has 0 fully saturated rings. The second-order valence-corrected chi connectivity index (χ2v) is 3.30. The summed E-state index contributed by atoms with van der Waals surface area (Å²) in [4.78, 5) is 11.0. The highest BCUT2D eigenvalue weighted by atomic mass is 16.4. The second-order valence-electron chi connectivity index (χ2n) is 3.30. The number of nitrogens with zero attached hydrogens (tertiary/aromatic N) is 1. The van der Waals surface area contributed by atoms with Crippen LogP contribution in [0, 0.1) is 11.3 Å². The van der Waals surface area contributed by atoms with Gasteiger partial charge in [-0.1, -0.05) is 19.9 Å². The van der Waals surface area contributed by atoms with E-state index in [0.717, 1.165) is 17.5 Å². The van der Waals surface area contributed by atoms with Crippen molar-refractivity contribution in [3.05, 3.63) is 34.4 Å². The van der Waals surface area contributed by atoms with E-state index in [0.29, 0.717) is 12.0 Å². The van der Waals surface area contributed by atoms with Gasteiger partial charge in [-0.05, 0) is 30.0 Å². The molecule has 1 aromatic rings. The number of rotatable bonds is 3. The molecule has 0 amide bonds. The molecular formula is C12H13NO2. The minimum Gasteiger partial charge on any atom is -0.478 e. The first-order valence-electron chi connectivity index (χ1n) is 4.93. The normalized spacial score (nSPS) is 9.67. The second kappa shape index (κ2) is 4.61. The van der Waals surface area contributed by atoms with Gasteiger partial charge < -0.3 is 5.11 Å². The molecule has 1 aromatic carbocycles. The Morgan fingerprint density at radius 3 is 2.47 bits per heavy atom. The van der Waals surface area contributed by atoms with Crippen molar-refractivity contribution < 1.29 is 9.90 Å². The molecule has 0 unspecified atom stereocenters. The SMILES string of the molecule is CCc1cc(CC)c(C#N)c(C(=O)O)c1. The molecule has 0 saturated heterocycles. The summed E-state index contributed by atoms with van der Waals surface area (Å²) < 4.78 is 0. The van der Waals surface area contributed by atoms with Gasteiger partial charge in [-0.25, -0.2) is 4.79 Å². The molecule has 78 valence electrons. The predicted octanol–water partition coefficient (Wildman–Crippen LogP) is 2.38. The van der Waals surface area contributed by atoms with Crippen molar-refractivity contribution in [1.29, 1.82) is 5.26 Å². The van der Waals surface area contributed by atoms with E-state index in [2.05, 4.69) is 0 Å². The standard InChI is InChI=1S/C12H13NO2/c1-3-8-5-9(4-2)11(7-13)10(6-8)12(14)15/h5-6H,3-4H2,1-2H3,(H,14,15). The van der Waals surface area contributed by atoms with Gasteiger partial charge in [0, 0.05) is 0 Å². The first-order chi connectivity index (χ1) is 7.13. The maximum absolute atomic E-state index is 11.0. The lowest BCUT2D eigenvalue weighted by Gasteiger charge is -2.07. The van der Waals surface area contributed by atoms with Crippen LogP contribution in [0.2, 0.25) is 0 Å². The summed E-state index contributed by atoms with van der Waals surface area (Å²) in [6.07, 6.45) is 1.45. The van der Waals surface area contributed by atoms with Crippen LogP contribution < -0.4 is 0 Å². The number of carboxylic acid groups (broad SMARTS) is 1. The van der Waals surface area contributed by atoms with Gasteiger partial charge >= 0.3 is 5.97 Å². The van der Waals surface area contributed by atoms with Crippen LogP contribution in [-0.2, 0) is 12.8 Å². The molecule has 0 aliphatic rings. The fourth-order valence-corrected chi connectivity index (χ4v) is 1.55. The zero-order valence-electron chi connectivity index (χ0n) is 8.87. The molecule has 1 rings (SSSR count). The van der Waals surface area contributed by atoms with Crippen molar-refractivity contribution in [2.24, 2.45) is 0 Å². The largest absolute Gasteiger partial charge is 0.478 e. The molecule has 15 heavy (non-hydrogen) atoms. The summed E-state index contributed by atoms with van der Waals surface area (Å²) in [6, 6.07) is 5.46. The zero-order chi connectivity index (χ0) is 11.4. The van der Waals surface area contributed by atoms with Gasteiger partial charge in [0.1, 0.15) is 6.07 Å². The summed E-state index contributed by atoms with van der Waals surface area (Å²) >= 11 is 0. The van der Waals surface area contributed by atoms with Gasteiger partial charge in [0.25, 0.3) is 0 Å². The number of benzene rings is 1. The molecule has 0 saturated carbocycles. The molecule has 0 aromatic heterocycles. The molecule has 0 radical (unpaired) electrons. The van der Waals surface area contributed by atoms with E-state index in [1.165, 1.54) is 0 Å². The highest BCUT2D eigenvalue weighted by Crippen LogP contribution is 2.18. The van der Waals surface area contributed by atoms with E-state index >= 15 is 0 Å². The van der Waals surface area contributed by atoms with Crippen LogP contribution in [0.4, 0.5) is 0 Å². The van der Waals surface area contributed by atoms with Crippen LogP contribution in [0.25, 0.3) is 0 Å². The monoisotopic (exact) mass is 203 g/mol. The highest BCUT2D eigenvalue weighted by molar-refractivity contribution is 5.91. The lowest BCUT2D eigenvalue weighted by Crippen LogP contribution is -2.05. The minimum atomic E-state index is -1.03. The Hall–Kier alpha value is -1.82. The van der Waals surface area contributed by atoms with Crippen LogP contribution in [0.15, 0.2) is 12.1 Å². The van der Waals surface area contributed by atoms with Gasteiger partial charge in [0.15, 0.2) is 0 Å². The predicted molar refractivity (Wildman–Crippen MR) is 56.9 cm³/mol. The Balaban J connectivity index is 3.48.